The minimum absolute atomic E-state index is 0.0114. The van der Waals surface area contributed by atoms with Crippen LogP contribution in [-0.2, 0) is 10.0 Å². The molecule has 21 heavy (non-hydrogen) atoms. The van der Waals surface area contributed by atoms with Crippen molar-refractivity contribution in [3.8, 4) is 0 Å². The number of nitro benzene ring substituents is 1. The van der Waals surface area contributed by atoms with E-state index in [-0.39, 0.29) is 28.2 Å². The summed E-state index contributed by atoms with van der Waals surface area (Å²) in [4.78, 5) is 10.4. The Labute approximate surface area is 124 Å². The van der Waals surface area contributed by atoms with E-state index in [9.17, 15) is 18.5 Å². The number of nitro groups is 1. The molecule has 1 saturated heterocycles. The summed E-state index contributed by atoms with van der Waals surface area (Å²) in [6.45, 7) is 6.26. The second kappa shape index (κ2) is 5.70. The molecule has 1 aliphatic heterocycles. The number of benzene rings is 1. The van der Waals surface area contributed by atoms with Crippen LogP contribution in [0.25, 0.3) is 0 Å². The van der Waals surface area contributed by atoms with Gasteiger partial charge in [0.1, 0.15) is 0 Å². The van der Waals surface area contributed by atoms with Gasteiger partial charge in [0.2, 0.25) is 10.0 Å². The van der Waals surface area contributed by atoms with Crippen molar-refractivity contribution in [3.05, 3.63) is 33.9 Å². The van der Waals surface area contributed by atoms with Gasteiger partial charge < -0.3 is 5.32 Å². The number of rotatable bonds is 3. The van der Waals surface area contributed by atoms with Crippen molar-refractivity contribution in [1.82, 2.24) is 9.62 Å². The molecule has 1 aromatic carbocycles. The summed E-state index contributed by atoms with van der Waals surface area (Å²) in [6.07, 6.45) is 0. The molecule has 2 atom stereocenters. The highest BCUT2D eigenvalue weighted by molar-refractivity contribution is 7.89. The van der Waals surface area contributed by atoms with Crippen LogP contribution in [0.2, 0.25) is 0 Å². The standard InChI is InChI=1S/C13H19N3O4S/c1-9-7-14-8-10(2)15(9)21(19,20)13-6-4-5-12(11(13)3)16(17)18/h4-6,9-10,14H,7-8H2,1-3H3. The Morgan fingerprint density at radius 3 is 2.38 bits per heavy atom. The summed E-state index contributed by atoms with van der Waals surface area (Å²) in [7, 11) is -3.76. The van der Waals surface area contributed by atoms with Gasteiger partial charge in [-0.05, 0) is 26.8 Å². The molecular formula is C13H19N3O4S. The summed E-state index contributed by atoms with van der Waals surface area (Å²) >= 11 is 0. The fraction of sp³-hybridized carbons (Fsp3) is 0.538. The van der Waals surface area contributed by atoms with Crippen molar-refractivity contribution in [3.63, 3.8) is 0 Å². The predicted octanol–water partition coefficient (Wildman–Crippen LogP) is 1.27. The predicted molar refractivity (Wildman–Crippen MR) is 78.7 cm³/mol. The molecule has 1 heterocycles. The largest absolute Gasteiger partial charge is 0.314 e. The Morgan fingerprint density at radius 1 is 1.29 bits per heavy atom. The Kier molecular flexibility index (Phi) is 4.31. The molecule has 2 unspecified atom stereocenters. The van der Waals surface area contributed by atoms with Crippen LogP contribution in [0.1, 0.15) is 19.4 Å². The zero-order valence-electron chi connectivity index (χ0n) is 12.2. The number of nitrogens with zero attached hydrogens (tertiary/aromatic N) is 2. The van der Waals surface area contributed by atoms with Crippen molar-refractivity contribution in [2.75, 3.05) is 13.1 Å². The summed E-state index contributed by atoms with van der Waals surface area (Å²) in [5.41, 5.74) is 0.00643. The van der Waals surface area contributed by atoms with Crippen LogP contribution in [-0.4, -0.2) is 42.8 Å². The third kappa shape index (κ3) is 2.78. The zero-order valence-corrected chi connectivity index (χ0v) is 13.1. The number of hydrogen-bond acceptors (Lipinski definition) is 5. The van der Waals surface area contributed by atoms with Gasteiger partial charge in [0.15, 0.2) is 0 Å². The molecule has 1 aliphatic rings. The lowest BCUT2D eigenvalue weighted by Gasteiger charge is -2.38. The first kappa shape index (κ1) is 15.9. The number of hydrogen-bond donors (Lipinski definition) is 1. The molecule has 0 amide bonds. The van der Waals surface area contributed by atoms with Gasteiger partial charge in [-0.3, -0.25) is 10.1 Å². The Balaban J connectivity index is 2.54. The maximum absolute atomic E-state index is 12.9. The number of nitrogens with one attached hydrogen (secondary N) is 1. The lowest BCUT2D eigenvalue weighted by molar-refractivity contribution is -0.385. The highest BCUT2D eigenvalue weighted by Crippen LogP contribution is 2.29. The maximum atomic E-state index is 12.9. The molecule has 2 rings (SSSR count). The number of sulfonamides is 1. The van der Waals surface area contributed by atoms with Crippen molar-refractivity contribution < 1.29 is 13.3 Å². The molecule has 7 nitrogen and oxygen atoms in total. The molecule has 1 N–H and O–H groups in total. The van der Waals surface area contributed by atoms with Crippen molar-refractivity contribution in [1.29, 1.82) is 0 Å². The molecule has 1 aromatic rings. The summed E-state index contributed by atoms with van der Waals surface area (Å²) in [5.74, 6) is 0. The monoisotopic (exact) mass is 313 g/mol. The van der Waals surface area contributed by atoms with E-state index in [1.165, 1.54) is 29.4 Å². The van der Waals surface area contributed by atoms with Crippen LogP contribution in [0.3, 0.4) is 0 Å². The van der Waals surface area contributed by atoms with Gasteiger partial charge in [0.05, 0.1) is 9.82 Å². The molecule has 1 fully saturated rings. The van der Waals surface area contributed by atoms with Gasteiger partial charge in [0, 0.05) is 36.8 Å². The number of piperazine rings is 1. The molecule has 0 saturated carbocycles. The highest BCUT2D eigenvalue weighted by Gasteiger charge is 2.37. The first-order valence-corrected chi connectivity index (χ1v) is 8.19. The zero-order chi connectivity index (χ0) is 15.8. The van der Waals surface area contributed by atoms with E-state index in [1.807, 2.05) is 13.8 Å². The fourth-order valence-electron chi connectivity index (χ4n) is 2.78. The van der Waals surface area contributed by atoms with E-state index in [4.69, 9.17) is 0 Å². The molecular weight excluding hydrogens is 294 g/mol. The van der Waals surface area contributed by atoms with Gasteiger partial charge in [-0.2, -0.15) is 4.31 Å². The molecule has 0 radical (unpaired) electrons. The Hall–Kier alpha value is -1.51. The average molecular weight is 313 g/mol. The maximum Gasteiger partial charge on any atom is 0.273 e. The highest BCUT2D eigenvalue weighted by atomic mass is 32.2. The minimum Gasteiger partial charge on any atom is -0.314 e. The van der Waals surface area contributed by atoms with Gasteiger partial charge in [0.25, 0.3) is 5.69 Å². The average Bonchev–Trinajstić information content (AvgIpc) is 2.37. The first-order valence-electron chi connectivity index (χ1n) is 6.75. The lowest BCUT2D eigenvalue weighted by atomic mass is 10.2. The van der Waals surface area contributed by atoms with Gasteiger partial charge >= 0.3 is 0 Å². The summed E-state index contributed by atoms with van der Waals surface area (Å²) in [5, 5.41) is 14.2. The van der Waals surface area contributed by atoms with Crippen molar-refractivity contribution >= 4 is 15.7 Å². The third-order valence-corrected chi connectivity index (χ3v) is 6.03. The second-order valence-corrected chi connectivity index (χ2v) is 7.16. The molecule has 0 spiro atoms. The van der Waals surface area contributed by atoms with Crippen molar-refractivity contribution in [2.45, 2.75) is 37.8 Å². The van der Waals surface area contributed by atoms with E-state index >= 15 is 0 Å². The molecule has 0 bridgehead atoms. The van der Waals surface area contributed by atoms with Crippen molar-refractivity contribution in [2.24, 2.45) is 0 Å². The van der Waals surface area contributed by atoms with Gasteiger partial charge in [-0.25, -0.2) is 8.42 Å². The Morgan fingerprint density at radius 2 is 1.86 bits per heavy atom. The first-order chi connectivity index (χ1) is 9.76. The molecule has 0 aromatic heterocycles. The van der Waals surface area contributed by atoms with Crippen LogP contribution in [0, 0.1) is 17.0 Å². The molecule has 0 aliphatic carbocycles. The van der Waals surface area contributed by atoms with Gasteiger partial charge in [-0.15, -0.1) is 0 Å². The Bertz CT molecular complexity index is 649. The smallest absolute Gasteiger partial charge is 0.273 e. The third-order valence-electron chi connectivity index (χ3n) is 3.76. The van der Waals surface area contributed by atoms with E-state index in [2.05, 4.69) is 5.32 Å². The van der Waals surface area contributed by atoms with E-state index < -0.39 is 14.9 Å². The lowest BCUT2D eigenvalue weighted by Crippen LogP contribution is -2.57. The quantitative estimate of drug-likeness (QED) is 0.670. The summed E-state index contributed by atoms with van der Waals surface area (Å²) < 4.78 is 27.2. The summed E-state index contributed by atoms with van der Waals surface area (Å²) in [6, 6.07) is 3.77. The molecule has 8 heteroatoms. The van der Waals surface area contributed by atoms with E-state index in [0.29, 0.717) is 13.1 Å². The van der Waals surface area contributed by atoms with E-state index in [0.717, 1.165) is 0 Å². The van der Waals surface area contributed by atoms with Crippen LogP contribution >= 0.6 is 0 Å². The fourth-order valence-corrected chi connectivity index (χ4v) is 4.85. The molecule has 116 valence electrons. The second-order valence-electron chi connectivity index (χ2n) is 5.35. The minimum atomic E-state index is -3.76. The normalized spacial score (nSPS) is 24.0. The topological polar surface area (TPSA) is 92.5 Å². The van der Waals surface area contributed by atoms with Crippen LogP contribution < -0.4 is 5.32 Å². The SMILES string of the molecule is Cc1c([N+](=O)[O-])cccc1S(=O)(=O)N1C(C)CNCC1C. The van der Waals surface area contributed by atoms with E-state index in [1.54, 1.807) is 0 Å². The van der Waals surface area contributed by atoms with Crippen LogP contribution in [0.4, 0.5) is 5.69 Å². The van der Waals surface area contributed by atoms with Crippen LogP contribution in [0.15, 0.2) is 23.1 Å². The van der Waals surface area contributed by atoms with Gasteiger partial charge in [-0.1, -0.05) is 6.07 Å². The van der Waals surface area contributed by atoms with Crippen LogP contribution in [0.5, 0.6) is 0 Å².